The minimum absolute atomic E-state index is 0.221. The molecule has 25 heavy (non-hydrogen) atoms. The summed E-state index contributed by atoms with van der Waals surface area (Å²) in [6, 6.07) is 5.25. The zero-order valence-corrected chi connectivity index (χ0v) is 15.1. The van der Waals surface area contributed by atoms with Crippen LogP contribution in [-0.4, -0.2) is 48.9 Å². The van der Waals surface area contributed by atoms with Crippen LogP contribution in [-0.2, 0) is 14.3 Å². The highest BCUT2D eigenvalue weighted by molar-refractivity contribution is 8.18. The highest BCUT2D eigenvalue weighted by Gasteiger charge is 2.36. The number of benzene rings is 1. The Morgan fingerprint density at radius 1 is 1.20 bits per heavy atom. The zero-order chi connectivity index (χ0) is 18.4. The van der Waals surface area contributed by atoms with Crippen molar-refractivity contribution < 1.29 is 28.6 Å². The summed E-state index contributed by atoms with van der Waals surface area (Å²) in [6.45, 7) is 4.30. The minimum Gasteiger partial charge on any atom is -0.494 e. The molecule has 0 N–H and O–H groups in total. The van der Waals surface area contributed by atoms with E-state index in [4.69, 9.17) is 9.47 Å². The van der Waals surface area contributed by atoms with Gasteiger partial charge in [0.15, 0.2) is 0 Å². The number of thioether (sulfide) groups is 1. The van der Waals surface area contributed by atoms with Crippen LogP contribution in [0.3, 0.4) is 0 Å². The van der Waals surface area contributed by atoms with Gasteiger partial charge in [0.2, 0.25) is 0 Å². The van der Waals surface area contributed by atoms with E-state index >= 15 is 0 Å². The summed E-state index contributed by atoms with van der Waals surface area (Å²) < 4.78 is 15.5. The minimum atomic E-state index is -0.653. The van der Waals surface area contributed by atoms with Gasteiger partial charge in [-0.3, -0.25) is 19.3 Å². The number of hydrogen-bond donors (Lipinski definition) is 0. The second kappa shape index (κ2) is 8.57. The molecule has 0 aromatic heterocycles. The molecule has 0 spiro atoms. The Bertz CT molecular complexity index is 715. The van der Waals surface area contributed by atoms with Crippen LogP contribution >= 0.6 is 11.8 Å². The third-order valence-corrected chi connectivity index (χ3v) is 4.18. The summed E-state index contributed by atoms with van der Waals surface area (Å²) in [4.78, 5) is 36.7. The summed E-state index contributed by atoms with van der Waals surface area (Å²) in [7, 11) is 1.20. The Labute approximate surface area is 149 Å². The van der Waals surface area contributed by atoms with Crippen LogP contribution in [0, 0.1) is 0 Å². The molecule has 2 amide bonds. The van der Waals surface area contributed by atoms with Gasteiger partial charge in [0.25, 0.3) is 11.1 Å². The van der Waals surface area contributed by atoms with Gasteiger partial charge in [-0.2, -0.15) is 0 Å². The van der Waals surface area contributed by atoms with Crippen molar-refractivity contribution in [3.05, 3.63) is 28.7 Å². The van der Waals surface area contributed by atoms with Crippen LogP contribution in [0.25, 0.3) is 6.08 Å². The number of hydrogen-bond acceptors (Lipinski definition) is 7. The van der Waals surface area contributed by atoms with E-state index in [1.165, 1.54) is 7.11 Å². The molecular formula is C17H19NO6S. The van der Waals surface area contributed by atoms with E-state index < -0.39 is 23.7 Å². The molecule has 1 aliphatic heterocycles. The molecule has 0 bridgehead atoms. The molecule has 1 aliphatic rings. The molecular weight excluding hydrogens is 346 g/mol. The van der Waals surface area contributed by atoms with Gasteiger partial charge in [-0.15, -0.1) is 0 Å². The fourth-order valence-electron chi connectivity index (χ4n) is 2.14. The number of carbonyl (C=O) groups is 3. The third-order valence-electron chi connectivity index (χ3n) is 3.27. The van der Waals surface area contributed by atoms with Crippen molar-refractivity contribution in [1.29, 1.82) is 0 Å². The fourth-order valence-corrected chi connectivity index (χ4v) is 2.97. The van der Waals surface area contributed by atoms with Crippen LogP contribution in [0.1, 0.15) is 19.4 Å². The first-order valence-corrected chi connectivity index (χ1v) is 8.53. The Kier molecular flexibility index (Phi) is 6.46. The summed E-state index contributed by atoms with van der Waals surface area (Å²) >= 11 is 0.774. The number of methoxy groups -OCH3 is 1. The molecule has 1 aromatic rings. The molecule has 1 saturated heterocycles. The molecule has 0 unspecified atom stereocenters. The molecule has 1 fully saturated rings. The van der Waals surface area contributed by atoms with Crippen LogP contribution in [0.4, 0.5) is 4.79 Å². The number of rotatable bonds is 7. The van der Waals surface area contributed by atoms with E-state index in [0.29, 0.717) is 30.3 Å². The average Bonchev–Trinajstić information content (AvgIpc) is 2.85. The summed E-state index contributed by atoms with van der Waals surface area (Å²) in [6.07, 6.45) is 1.57. The lowest BCUT2D eigenvalue weighted by molar-refractivity contribution is -0.143. The summed E-state index contributed by atoms with van der Waals surface area (Å²) in [5.41, 5.74) is 0.647. The predicted molar refractivity (Wildman–Crippen MR) is 93.5 cm³/mol. The van der Waals surface area contributed by atoms with Crippen molar-refractivity contribution in [2.24, 2.45) is 0 Å². The van der Waals surface area contributed by atoms with E-state index in [9.17, 15) is 14.4 Å². The van der Waals surface area contributed by atoms with E-state index in [2.05, 4.69) is 4.74 Å². The third kappa shape index (κ3) is 4.54. The molecule has 0 saturated carbocycles. The number of esters is 1. The van der Waals surface area contributed by atoms with Crippen molar-refractivity contribution in [3.8, 4) is 11.5 Å². The van der Waals surface area contributed by atoms with E-state index in [-0.39, 0.29) is 4.91 Å². The van der Waals surface area contributed by atoms with Gasteiger partial charge in [-0.1, -0.05) is 0 Å². The monoisotopic (exact) mass is 365 g/mol. The maximum absolute atomic E-state index is 12.4. The van der Waals surface area contributed by atoms with Gasteiger partial charge >= 0.3 is 5.97 Å². The Morgan fingerprint density at radius 3 is 2.56 bits per heavy atom. The molecule has 0 radical (unpaired) electrons. The van der Waals surface area contributed by atoms with Crippen LogP contribution in [0.2, 0.25) is 0 Å². The number of carbonyl (C=O) groups excluding carboxylic acids is 3. The zero-order valence-electron chi connectivity index (χ0n) is 14.2. The Morgan fingerprint density at radius 2 is 1.92 bits per heavy atom. The highest BCUT2D eigenvalue weighted by atomic mass is 32.2. The molecule has 0 atom stereocenters. The lowest BCUT2D eigenvalue weighted by Gasteiger charge is -2.11. The molecule has 7 nitrogen and oxygen atoms in total. The van der Waals surface area contributed by atoms with Crippen molar-refractivity contribution in [3.63, 3.8) is 0 Å². The van der Waals surface area contributed by atoms with Gasteiger partial charge in [0.05, 0.1) is 25.2 Å². The van der Waals surface area contributed by atoms with Crippen LogP contribution in [0.5, 0.6) is 11.5 Å². The maximum Gasteiger partial charge on any atom is 0.325 e. The van der Waals surface area contributed by atoms with Gasteiger partial charge in [-0.25, -0.2) is 0 Å². The fraction of sp³-hybridized carbons (Fsp3) is 0.353. The first-order chi connectivity index (χ1) is 12.0. The number of nitrogens with zero attached hydrogens (tertiary/aromatic N) is 1. The molecule has 2 rings (SSSR count). The lowest BCUT2D eigenvalue weighted by Crippen LogP contribution is -2.34. The van der Waals surface area contributed by atoms with Crippen molar-refractivity contribution in [1.82, 2.24) is 4.90 Å². The highest BCUT2D eigenvalue weighted by Crippen LogP contribution is 2.35. The van der Waals surface area contributed by atoms with Crippen LogP contribution < -0.4 is 9.47 Å². The summed E-state index contributed by atoms with van der Waals surface area (Å²) in [5.74, 6) is 0.0199. The quantitative estimate of drug-likeness (QED) is 0.543. The number of imide groups is 1. The van der Waals surface area contributed by atoms with Crippen molar-refractivity contribution in [2.75, 3.05) is 26.9 Å². The normalized spacial score (nSPS) is 15.6. The first kappa shape index (κ1) is 18.9. The average molecular weight is 365 g/mol. The van der Waals surface area contributed by atoms with Crippen LogP contribution in [0.15, 0.2) is 23.1 Å². The second-order valence-corrected chi connectivity index (χ2v) is 5.90. The van der Waals surface area contributed by atoms with Gasteiger partial charge in [0.1, 0.15) is 18.0 Å². The van der Waals surface area contributed by atoms with E-state index in [1.807, 2.05) is 13.8 Å². The smallest absolute Gasteiger partial charge is 0.325 e. The standard InChI is InChI=1S/C17H19NO6S/c1-4-23-12-7-6-11(13(9-12)24-5-2)8-14-16(20)18(17(21)25-14)10-15(19)22-3/h6-9H,4-5,10H2,1-3H3/b14-8-. The molecule has 8 heteroatoms. The van der Waals surface area contributed by atoms with Crippen molar-refractivity contribution in [2.45, 2.75) is 13.8 Å². The Hall–Kier alpha value is -2.48. The van der Waals surface area contributed by atoms with E-state index in [0.717, 1.165) is 16.7 Å². The van der Waals surface area contributed by atoms with Gasteiger partial charge in [-0.05, 0) is 43.8 Å². The largest absolute Gasteiger partial charge is 0.494 e. The number of ether oxygens (including phenoxy) is 3. The predicted octanol–water partition coefficient (Wildman–Crippen LogP) is 2.69. The van der Waals surface area contributed by atoms with Gasteiger partial charge in [0, 0.05) is 11.6 Å². The number of amides is 2. The molecule has 134 valence electrons. The first-order valence-electron chi connectivity index (χ1n) is 7.72. The van der Waals surface area contributed by atoms with Crippen molar-refractivity contribution >= 4 is 35.0 Å². The molecule has 0 aliphatic carbocycles. The lowest BCUT2D eigenvalue weighted by atomic mass is 10.1. The Balaban J connectivity index is 2.29. The maximum atomic E-state index is 12.4. The topological polar surface area (TPSA) is 82.1 Å². The molecule has 1 aromatic carbocycles. The van der Waals surface area contributed by atoms with E-state index in [1.54, 1.807) is 24.3 Å². The SMILES string of the molecule is CCOc1ccc(/C=C2\SC(=O)N(CC(=O)OC)C2=O)c(OCC)c1. The second-order valence-electron chi connectivity index (χ2n) is 4.91. The summed E-state index contributed by atoms with van der Waals surface area (Å²) in [5, 5.41) is -0.509. The van der Waals surface area contributed by atoms with Gasteiger partial charge < -0.3 is 14.2 Å². The molecule has 1 heterocycles.